The van der Waals surface area contributed by atoms with Crippen molar-refractivity contribution in [3.63, 3.8) is 0 Å². The highest BCUT2D eigenvalue weighted by atomic mass is 16.5. The number of likely N-dealkylation sites (N-methyl/N-ethyl adjacent to an activating group) is 1. The van der Waals surface area contributed by atoms with Crippen LogP contribution in [0.4, 0.5) is 0 Å². The Morgan fingerprint density at radius 2 is 2.08 bits per heavy atom. The van der Waals surface area contributed by atoms with Crippen molar-refractivity contribution in [1.82, 2.24) is 4.90 Å². The fourth-order valence-electron chi connectivity index (χ4n) is 6.58. The number of carbonyl (C=O) groups excluding carboxylic acids is 2. The average Bonchev–Trinajstić information content (AvgIpc) is 2.89. The molecule has 1 heterocycles. The van der Waals surface area contributed by atoms with Crippen molar-refractivity contribution >= 4 is 17.8 Å². The summed E-state index contributed by atoms with van der Waals surface area (Å²) < 4.78 is 16.5. The summed E-state index contributed by atoms with van der Waals surface area (Å²) in [6.45, 7) is 5.54. The van der Waals surface area contributed by atoms with Crippen LogP contribution in [0.15, 0.2) is 24.0 Å². The van der Waals surface area contributed by atoms with E-state index in [1.807, 2.05) is 6.08 Å². The molecule has 1 N–H and O–H groups in total. The molecule has 1 fully saturated rings. The summed E-state index contributed by atoms with van der Waals surface area (Å²) in [4.78, 5) is 28.0. The molecular formula is C30H41NO6. The molecule has 1 unspecified atom stereocenters. The quantitative estimate of drug-likeness (QED) is 0.357. The lowest BCUT2D eigenvalue weighted by atomic mass is 9.53. The summed E-state index contributed by atoms with van der Waals surface area (Å²) in [5.74, 6) is 0.815. The molecule has 1 aromatic rings. The number of benzene rings is 1. The number of allylic oxidation sites excluding steroid dienone is 1. The molecule has 202 valence electrons. The zero-order valence-corrected chi connectivity index (χ0v) is 22.8. The van der Waals surface area contributed by atoms with Gasteiger partial charge in [-0.2, -0.15) is 0 Å². The van der Waals surface area contributed by atoms with Gasteiger partial charge < -0.3 is 24.2 Å². The Morgan fingerprint density at radius 1 is 1.30 bits per heavy atom. The summed E-state index contributed by atoms with van der Waals surface area (Å²) in [6, 6.07) is 1.93. The van der Waals surface area contributed by atoms with E-state index < -0.39 is 5.41 Å². The molecule has 7 heteroatoms. The van der Waals surface area contributed by atoms with Gasteiger partial charge in [0, 0.05) is 35.4 Å². The van der Waals surface area contributed by atoms with Crippen LogP contribution in [0.2, 0.25) is 0 Å². The second kappa shape index (κ2) is 11.3. The van der Waals surface area contributed by atoms with E-state index in [0.29, 0.717) is 30.5 Å². The third-order valence-electron chi connectivity index (χ3n) is 8.77. The number of phenols is 1. The SMILES string of the molecule is CCCCC(CC)COC(=O)/C=C/c1cc(OC)c(O)c2c1C[C@H]1[C@H]3C=C(OC)C(=O)C[C@@]23CCN1C. The average molecular weight is 512 g/mol. The van der Waals surface area contributed by atoms with E-state index >= 15 is 0 Å². The molecule has 0 amide bonds. The minimum absolute atomic E-state index is 0.0281. The number of ketones is 1. The third-order valence-corrected chi connectivity index (χ3v) is 8.77. The van der Waals surface area contributed by atoms with E-state index in [1.165, 1.54) is 20.3 Å². The van der Waals surface area contributed by atoms with Gasteiger partial charge in [-0.25, -0.2) is 4.79 Å². The molecule has 2 aliphatic carbocycles. The van der Waals surface area contributed by atoms with Crippen molar-refractivity contribution < 1.29 is 28.9 Å². The number of piperidine rings is 1. The molecule has 4 atom stereocenters. The van der Waals surface area contributed by atoms with E-state index in [9.17, 15) is 14.7 Å². The Labute approximate surface area is 220 Å². The molecule has 0 saturated carbocycles. The van der Waals surface area contributed by atoms with Crippen molar-refractivity contribution in [1.29, 1.82) is 0 Å². The number of nitrogens with zero attached hydrogens (tertiary/aromatic N) is 1. The smallest absolute Gasteiger partial charge is 0.330 e. The number of aromatic hydroxyl groups is 1. The molecule has 0 radical (unpaired) electrons. The number of fused-ring (bicyclic) bond motifs is 1. The molecule has 1 aliphatic heterocycles. The number of carbonyl (C=O) groups is 2. The Morgan fingerprint density at radius 3 is 2.76 bits per heavy atom. The van der Waals surface area contributed by atoms with Crippen LogP contribution in [-0.2, 0) is 30.9 Å². The van der Waals surface area contributed by atoms with Crippen molar-refractivity contribution in [2.75, 3.05) is 34.4 Å². The fraction of sp³-hybridized carbons (Fsp3) is 0.600. The molecule has 0 spiro atoms. The first-order valence-corrected chi connectivity index (χ1v) is 13.6. The lowest BCUT2D eigenvalue weighted by Crippen LogP contribution is -2.60. The largest absolute Gasteiger partial charge is 0.504 e. The molecule has 1 saturated heterocycles. The van der Waals surface area contributed by atoms with E-state index in [0.717, 1.165) is 55.3 Å². The standard InChI is InChI=1S/C30H41NO6/c1-6-8-9-19(7-2)18-37-27(33)11-10-20-14-26(36-5)29(34)28-21(20)15-23-22-16-25(35-4)24(32)17-30(22,28)12-13-31(23)3/h10-11,14,16,19,22-23,34H,6-9,12-13,15,17-18H2,1-5H3/b11-10+/t19?,22-,23+,30-/m1/s1. The predicted molar refractivity (Wildman–Crippen MR) is 143 cm³/mol. The first-order chi connectivity index (χ1) is 17.8. The van der Waals surface area contributed by atoms with E-state index in [1.54, 1.807) is 12.1 Å². The summed E-state index contributed by atoms with van der Waals surface area (Å²) >= 11 is 0. The molecule has 7 nitrogen and oxygen atoms in total. The number of likely N-dealkylation sites (tertiary alicyclic amines) is 1. The Bertz CT molecular complexity index is 1090. The van der Waals surface area contributed by atoms with Gasteiger partial charge in [0.2, 0.25) is 0 Å². The maximum Gasteiger partial charge on any atom is 0.330 e. The first kappa shape index (κ1) is 27.2. The van der Waals surface area contributed by atoms with Crippen molar-refractivity contribution in [3.8, 4) is 11.5 Å². The number of Topliss-reactive ketones (excluding diaryl/α,β-unsaturated/α-hetero) is 1. The van der Waals surface area contributed by atoms with Crippen LogP contribution in [0.25, 0.3) is 6.08 Å². The zero-order valence-electron chi connectivity index (χ0n) is 22.8. The normalized spacial score (nSPS) is 25.8. The second-order valence-electron chi connectivity index (χ2n) is 10.8. The lowest BCUT2D eigenvalue weighted by Gasteiger charge is -2.56. The fourth-order valence-corrected chi connectivity index (χ4v) is 6.58. The van der Waals surface area contributed by atoms with Gasteiger partial charge in [0.15, 0.2) is 23.0 Å². The number of esters is 1. The molecule has 4 rings (SSSR count). The summed E-state index contributed by atoms with van der Waals surface area (Å²) in [5.41, 5.74) is 2.01. The molecule has 1 aromatic carbocycles. The minimum Gasteiger partial charge on any atom is -0.504 e. The zero-order chi connectivity index (χ0) is 26.7. The number of hydrogen-bond acceptors (Lipinski definition) is 7. The van der Waals surface area contributed by atoms with Gasteiger partial charge >= 0.3 is 5.97 Å². The number of unbranched alkanes of at least 4 members (excludes halogenated alkanes) is 1. The van der Waals surface area contributed by atoms with E-state index in [2.05, 4.69) is 25.8 Å². The van der Waals surface area contributed by atoms with Gasteiger partial charge in [-0.05, 0) is 68.1 Å². The maximum atomic E-state index is 13.1. The summed E-state index contributed by atoms with van der Waals surface area (Å²) in [7, 11) is 5.16. The van der Waals surface area contributed by atoms with Gasteiger partial charge in [-0.1, -0.05) is 33.1 Å². The second-order valence-corrected chi connectivity index (χ2v) is 10.8. The van der Waals surface area contributed by atoms with Crippen molar-refractivity contribution in [3.05, 3.63) is 40.7 Å². The predicted octanol–water partition coefficient (Wildman–Crippen LogP) is 4.79. The van der Waals surface area contributed by atoms with Crippen molar-refractivity contribution in [2.24, 2.45) is 11.8 Å². The van der Waals surface area contributed by atoms with Crippen LogP contribution < -0.4 is 4.74 Å². The van der Waals surface area contributed by atoms with Crippen LogP contribution in [-0.4, -0.2) is 62.2 Å². The number of hydrogen-bond donors (Lipinski definition) is 1. The van der Waals surface area contributed by atoms with Crippen LogP contribution in [0, 0.1) is 11.8 Å². The highest BCUT2D eigenvalue weighted by Gasteiger charge is 2.57. The lowest BCUT2D eigenvalue weighted by molar-refractivity contribution is -0.139. The van der Waals surface area contributed by atoms with Crippen LogP contribution in [0.1, 0.15) is 69.1 Å². The van der Waals surface area contributed by atoms with Gasteiger partial charge in [0.25, 0.3) is 0 Å². The molecule has 2 bridgehead atoms. The Hall–Kier alpha value is -2.80. The third kappa shape index (κ3) is 5.02. The van der Waals surface area contributed by atoms with Gasteiger partial charge in [0.05, 0.1) is 20.8 Å². The number of phenolic OH excluding ortho intramolecular Hbond substituents is 1. The molecular weight excluding hydrogens is 470 g/mol. The number of rotatable bonds is 10. The van der Waals surface area contributed by atoms with E-state index in [4.69, 9.17) is 14.2 Å². The highest BCUT2D eigenvalue weighted by Crippen LogP contribution is 2.58. The van der Waals surface area contributed by atoms with Crippen LogP contribution in [0.5, 0.6) is 11.5 Å². The minimum atomic E-state index is -0.542. The Balaban J connectivity index is 1.70. The maximum absolute atomic E-state index is 13.1. The molecule has 3 aliphatic rings. The number of methoxy groups -OCH3 is 2. The van der Waals surface area contributed by atoms with E-state index in [-0.39, 0.29) is 35.9 Å². The summed E-state index contributed by atoms with van der Waals surface area (Å²) in [6.07, 6.45) is 11.2. The monoisotopic (exact) mass is 511 g/mol. The highest BCUT2D eigenvalue weighted by molar-refractivity contribution is 5.96. The summed E-state index contributed by atoms with van der Waals surface area (Å²) in [5, 5.41) is 11.4. The first-order valence-electron chi connectivity index (χ1n) is 13.6. The van der Waals surface area contributed by atoms with Gasteiger partial charge in [-0.15, -0.1) is 0 Å². The van der Waals surface area contributed by atoms with Crippen LogP contribution >= 0.6 is 0 Å². The molecule has 37 heavy (non-hydrogen) atoms. The molecule has 0 aromatic heterocycles. The topological polar surface area (TPSA) is 85.3 Å². The van der Waals surface area contributed by atoms with Crippen molar-refractivity contribution in [2.45, 2.75) is 70.3 Å². The Kier molecular flexibility index (Phi) is 8.32. The van der Waals surface area contributed by atoms with Gasteiger partial charge in [-0.3, -0.25) is 4.79 Å². The van der Waals surface area contributed by atoms with Crippen LogP contribution in [0.3, 0.4) is 0 Å². The number of ether oxygens (including phenoxy) is 3. The van der Waals surface area contributed by atoms with Gasteiger partial charge in [0.1, 0.15) is 0 Å².